The lowest BCUT2D eigenvalue weighted by molar-refractivity contribution is -0.0798. The van der Waals surface area contributed by atoms with Crippen molar-refractivity contribution in [3.8, 4) is 0 Å². The highest BCUT2D eigenvalue weighted by Crippen LogP contribution is 2.07. The Kier molecular flexibility index (Phi) is 6.24. The van der Waals surface area contributed by atoms with Gasteiger partial charge in [-0.05, 0) is 12.1 Å². The van der Waals surface area contributed by atoms with Crippen molar-refractivity contribution >= 4 is 0 Å². The Balaban J connectivity index is 0.000000561. The molecule has 0 aliphatic heterocycles. The Morgan fingerprint density at radius 2 is 2.08 bits per heavy atom. The van der Waals surface area contributed by atoms with Crippen molar-refractivity contribution in [3.05, 3.63) is 30.1 Å². The number of hydrogen-bond donors (Lipinski definition) is 1. The van der Waals surface area contributed by atoms with Gasteiger partial charge >= 0.3 is 0 Å². The van der Waals surface area contributed by atoms with Crippen molar-refractivity contribution in [1.82, 2.24) is 4.98 Å². The fourth-order valence-corrected chi connectivity index (χ4v) is 0.643. The molecule has 0 aromatic carbocycles. The average Bonchev–Trinajstić information content (AvgIpc) is 2.21. The van der Waals surface area contributed by atoms with E-state index in [2.05, 4.69) is 9.72 Å². The number of methoxy groups -OCH3 is 1. The molecule has 0 aliphatic rings. The van der Waals surface area contributed by atoms with Crippen molar-refractivity contribution in [1.29, 1.82) is 0 Å². The second-order valence-corrected chi connectivity index (χ2v) is 1.84. The second kappa shape index (κ2) is 6.76. The minimum atomic E-state index is -0.902. The van der Waals surface area contributed by atoms with Crippen LogP contribution >= 0.6 is 0 Å². The molecule has 0 fully saturated rings. The topological polar surface area (TPSA) is 42.4 Å². The van der Waals surface area contributed by atoms with Crippen LogP contribution in [-0.4, -0.2) is 17.2 Å². The summed E-state index contributed by atoms with van der Waals surface area (Å²) in [7, 11) is 1.43. The molecule has 1 atom stereocenters. The van der Waals surface area contributed by atoms with E-state index in [0.717, 1.165) is 0 Å². The Morgan fingerprint density at radius 1 is 1.42 bits per heavy atom. The summed E-state index contributed by atoms with van der Waals surface area (Å²) in [6.45, 7) is 4.00. The Hall–Kier alpha value is -0.930. The predicted molar refractivity (Wildman–Crippen MR) is 47.6 cm³/mol. The quantitative estimate of drug-likeness (QED) is 0.686. The first-order valence-corrected chi connectivity index (χ1v) is 3.96. The molecule has 0 saturated heterocycles. The maximum Gasteiger partial charge on any atom is 0.198 e. The molecular weight excluding hydrogens is 154 g/mol. The third kappa shape index (κ3) is 3.46. The van der Waals surface area contributed by atoms with E-state index in [1.807, 2.05) is 13.8 Å². The van der Waals surface area contributed by atoms with E-state index < -0.39 is 6.29 Å². The lowest BCUT2D eigenvalue weighted by Gasteiger charge is -2.05. The van der Waals surface area contributed by atoms with Crippen LogP contribution in [0.4, 0.5) is 0 Å². The van der Waals surface area contributed by atoms with Crippen LogP contribution in [0.5, 0.6) is 0 Å². The Labute approximate surface area is 73.0 Å². The van der Waals surface area contributed by atoms with Gasteiger partial charge in [-0.1, -0.05) is 19.9 Å². The molecule has 1 heterocycles. The van der Waals surface area contributed by atoms with E-state index in [1.54, 1.807) is 24.4 Å². The molecule has 68 valence electrons. The van der Waals surface area contributed by atoms with E-state index in [1.165, 1.54) is 7.11 Å². The number of aromatic nitrogens is 1. The molecule has 0 aliphatic carbocycles. The molecule has 1 N–H and O–H groups in total. The standard InChI is InChI=1S/C7H9NO2.C2H6/c1-10-7(9)6-4-2-3-5-8-6;1-2/h2-5,7,9H,1H3;1-2H3. The fourth-order valence-electron chi connectivity index (χ4n) is 0.643. The van der Waals surface area contributed by atoms with E-state index in [4.69, 9.17) is 5.11 Å². The number of ether oxygens (including phenoxy) is 1. The van der Waals surface area contributed by atoms with Gasteiger partial charge in [-0.15, -0.1) is 0 Å². The van der Waals surface area contributed by atoms with E-state index >= 15 is 0 Å². The SMILES string of the molecule is CC.COC(O)c1ccccn1. The van der Waals surface area contributed by atoms with Gasteiger partial charge in [0.2, 0.25) is 0 Å². The van der Waals surface area contributed by atoms with Gasteiger partial charge < -0.3 is 9.84 Å². The zero-order valence-electron chi connectivity index (χ0n) is 7.69. The molecule has 3 nitrogen and oxygen atoms in total. The summed E-state index contributed by atoms with van der Waals surface area (Å²) < 4.78 is 4.63. The highest BCUT2D eigenvalue weighted by Gasteiger charge is 2.03. The molecule has 1 unspecified atom stereocenters. The van der Waals surface area contributed by atoms with Gasteiger partial charge in [0.25, 0.3) is 0 Å². The van der Waals surface area contributed by atoms with Crippen LogP contribution in [0.2, 0.25) is 0 Å². The third-order valence-corrected chi connectivity index (χ3v) is 1.16. The molecule has 1 rings (SSSR count). The maximum atomic E-state index is 9.04. The van der Waals surface area contributed by atoms with Crippen LogP contribution in [0.25, 0.3) is 0 Å². The smallest absolute Gasteiger partial charge is 0.198 e. The molecule has 0 amide bonds. The zero-order valence-corrected chi connectivity index (χ0v) is 7.69. The van der Waals surface area contributed by atoms with Crippen LogP contribution in [0.1, 0.15) is 25.8 Å². The molecule has 3 heteroatoms. The molecule has 1 aromatic heterocycles. The lowest BCUT2D eigenvalue weighted by Crippen LogP contribution is -2.00. The minimum absolute atomic E-state index is 0.532. The third-order valence-electron chi connectivity index (χ3n) is 1.16. The van der Waals surface area contributed by atoms with Crippen LogP contribution < -0.4 is 0 Å². The van der Waals surface area contributed by atoms with Gasteiger partial charge in [-0.25, -0.2) is 0 Å². The van der Waals surface area contributed by atoms with Gasteiger partial charge in [-0.2, -0.15) is 0 Å². The number of rotatable bonds is 2. The van der Waals surface area contributed by atoms with Crippen molar-refractivity contribution in [3.63, 3.8) is 0 Å². The first-order chi connectivity index (χ1) is 5.84. The van der Waals surface area contributed by atoms with E-state index in [0.29, 0.717) is 5.69 Å². The number of aliphatic hydroxyl groups excluding tert-OH is 1. The number of aliphatic hydroxyl groups is 1. The molecular formula is C9H15NO2. The summed E-state index contributed by atoms with van der Waals surface area (Å²) in [5, 5.41) is 9.04. The number of hydrogen-bond acceptors (Lipinski definition) is 3. The van der Waals surface area contributed by atoms with Crippen molar-refractivity contribution in [2.24, 2.45) is 0 Å². The highest BCUT2D eigenvalue weighted by atomic mass is 16.6. The van der Waals surface area contributed by atoms with Crippen LogP contribution in [-0.2, 0) is 4.74 Å². The summed E-state index contributed by atoms with van der Waals surface area (Å²) in [6, 6.07) is 5.28. The van der Waals surface area contributed by atoms with Crippen molar-refractivity contribution in [2.75, 3.05) is 7.11 Å². The molecule has 0 spiro atoms. The van der Waals surface area contributed by atoms with E-state index in [9.17, 15) is 0 Å². The largest absolute Gasteiger partial charge is 0.363 e. The zero-order chi connectivity index (χ0) is 9.40. The molecule has 0 radical (unpaired) electrons. The molecule has 0 bridgehead atoms. The summed E-state index contributed by atoms with van der Waals surface area (Å²) in [5.41, 5.74) is 0.532. The van der Waals surface area contributed by atoms with Gasteiger partial charge in [0, 0.05) is 13.3 Å². The Bertz CT molecular complexity index is 189. The monoisotopic (exact) mass is 169 g/mol. The van der Waals surface area contributed by atoms with Gasteiger partial charge in [0.1, 0.15) is 0 Å². The molecule has 12 heavy (non-hydrogen) atoms. The first kappa shape index (κ1) is 11.1. The van der Waals surface area contributed by atoms with Crippen molar-refractivity contribution in [2.45, 2.75) is 20.1 Å². The lowest BCUT2D eigenvalue weighted by atomic mass is 10.3. The van der Waals surface area contributed by atoms with Crippen LogP contribution in [0.3, 0.4) is 0 Å². The highest BCUT2D eigenvalue weighted by molar-refractivity contribution is 5.04. The van der Waals surface area contributed by atoms with Gasteiger partial charge in [-0.3, -0.25) is 4.98 Å². The van der Waals surface area contributed by atoms with Crippen molar-refractivity contribution < 1.29 is 9.84 Å². The van der Waals surface area contributed by atoms with Gasteiger partial charge in [0.05, 0.1) is 5.69 Å². The van der Waals surface area contributed by atoms with Crippen LogP contribution in [0.15, 0.2) is 24.4 Å². The summed E-state index contributed by atoms with van der Waals surface area (Å²) in [5.74, 6) is 0. The number of pyridine rings is 1. The normalized spacial score (nSPS) is 11.3. The second-order valence-electron chi connectivity index (χ2n) is 1.84. The molecule has 1 aromatic rings. The minimum Gasteiger partial charge on any atom is -0.363 e. The summed E-state index contributed by atoms with van der Waals surface area (Å²) >= 11 is 0. The fraction of sp³-hybridized carbons (Fsp3) is 0.444. The first-order valence-electron chi connectivity index (χ1n) is 3.96. The number of nitrogens with zero attached hydrogens (tertiary/aromatic N) is 1. The molecule has 0 saturated carbocycles. The van der Waals surface area contributed by atoms with Gasteiger partial charge in [0.15, 0.2) is 6.29 Å². The summed E-state index contributed by atoms with van der Waals surface area (Å²) in [6.07, 6.45) is 0.707. The van der Waals surface area contributed by atoms with Crippen LogP contribution in [0, 0.1) is 0 Å². The summed E-state index contributed by atoms with van der Waals surface area (Å²) in [4.78, 5) is 3.87. The van der Waals surface area contributed by atoms with E-state index in [-0.39, 0.29) is 0 Å². The average molecular weight is 169 g/mol. The Morgan fingerprint density at radius 3 is 2.50 bits per heavy atom. The predicted octanol–water partition coefficient (Wildman–Crippen LogP) is 1.75. The maximum absolute atomic E-state index is 9.04.